The van der Waals surface area contributed by atoms with Gasteiger partial charge in [0, 0.05) is 30.2 Å². The third-order valence-corrected chi connectivity index (χ3v) is 5.70. The summed E-state index contributed by atoms with van der Waals surface area (Å²) in [6.07, 6.45) is 2.01. The summed E-state index contributed by atoms with van der Waals surface area (Å²) in [7, 11) is 2.01. The summed E-state index contributed by atoms with van der Waals surface area (Å²) >= 11 is 1.57. The number of carbonyl (C=O) groups excluding carboxylic acids is 1. The van der Waals surface area contributed by atoms with Gasteiger partial charge in [0.1, 0.15) is 0 Å². The SMILES string of the molecule is Cc1ccc2sc(C(=O)N3CCOCC3c3cccn3C)cc2c1. The number of hydrogen-bond donors (Lipinski definition) is 0. The Kier molecular flexibility index (Phi) is 3.90. The Morgan fingerprint density at radius 2 is 2.17 bits per heavy atom. The molecule has 3 heterocycles. The maximum absolute atomic E-state index is 13.1. The first-order valence-corrected chi connectivity index (χ1v) is 8.95. The van der Waals surface area contributed by atoms with Crippen LogP contribution in [-0.4, -0.2) is 35.1 Å². The molecule has 0 spiro atoms. The first kappa shape index (κ1) is 15.4. The first-order chi connectivity index (χ1) is 11.6. The average molecular weight is 340 g/mol. The summed E-state index contributed by atoms with van der Waals surface area (Å²) in [4.78, 5) is 15.9. The molecular formula is C19H20N2O2S. The van der Waals surface area contributed by atoms with E-state index >= 15 is 0 Å². The molecule has 3 aromatic rings. The van der Waals surface area contributed by atoms with Gasteiger partial charge in [0.15, 0.2) is 0 Å². The van der Waals surface area contributed by atoms with Gasteiger partial charge in [0.25, 0.3) is 5.91 Å². The van der Waals surface area contributed by atoms with Crippen LogP contribution in [-0.2, 0) is 11.8 Å². The van der Waals surface area contributed by atoms with E-state index in [2.05, 4.69) is 35.8 Å². The Balaban J connectivity index is 1.69. The van der Waals surface area contributed by atoms with Crippen LogP contribution >= 0.6 is 11.3 Å². The molecule has 1 unspecified atom stereocenters. The van der Waals surface area contributed by atoms with Gasteiger partial charge in [-0.3, -0.25) is 4.79 Å². The Bertz CT molecular complexity index is 896. The molecule has 1 atom stereocenters. The highest BCUT2D eigenvalue weighted by atomic mass is 32.1. The van der Waals surface area contributed by atoms with Crippen LogP contribution in [0.25, 0.3) is 10.1 Å². The van der Waals surface area contributed by atoms with E-state index in [0.29, 0.717) is 19.8 Å². The zero-order chi connectivity index (χ0) is 16.7. The number of carbonyl (C=O) groups is 1. The fraction of sp³-hybridized carbons (Fsp3) is 0.316. The van der Waals surface area contributed by atoms with Gasteiger partial charge >= 0.3 is 0 Å². The van der Waals surface area contributed by atoms with Crippen molar-refractivity contribution in [3.8, 4) is 0 Å². The molecule has 124 valence electrons. The van der Waals surface area contributed by atoms with Gasteiger partial charge < -0.3 is 14.2 Å². The van der Waals surface area contributed by atoms with Crippen LogP contribution in [0.1, 0.15) is 27.0 Å². The van der Waals surface area contributed by atoms with Crippen molar-refractivity contribution in [3.05, 3.63) is 58.7 Å². The number of hydrogen-bond acceptors (Lipinski definition) is 3. The average Bonchev–Trinajstić information content (AvgIpc) is 3.19. The first-order valence-electron chi connectivity index (χ1n) is 8.13. The van der Waals surface area contributed by atoms with Gasteiger partial charge in [-0.1, -0.05) is 17.7 Å². The summed E-state index contributed by atoms with van der Waals surface area (Å²) in [6, 6.07) is 12.4. The Morgan fingerprint density at radius 3 is 2.96 bits per heavy atom. The minimum Gasteiger partial charge on any atom is -0.377 e. The van der Waals surface area contributed by atoms with Gasteiger partial charge in [-0.15, -0.1) is 11.3 Å². The number of morpholine rings is 1. The highest BCUT2D eigenvalue weighted by Gasteiger charge is 2.31. The molecule has 1 aliphatic heterocycles. The van der Waals surface area contributed by atoms with Crippen LogP contribution in [0.15, 0.2) is 42.6 Å². The van der Waals surface area contributed by atoms with Crippen LogP contribution in [0, 0.1) is 6.92 Å². The van der Waals surface area contributed by atoms with E-state index in [4.69, 9.17) is 4.74 Å². The number of thiophene rings is 1. The molecule has 1 aliphatic rings. The van der Waals surface area contributed by atoms with Gasteiger partial charge in [-0.25, -0.2) is 0 Å². The fourth-order valence-corrected chi connectivity index (χ4v) is 4.32. The largest absolute Gasteiger partial charge is 0.377 e. The summed E-state index contributed by atoms with van der Waals surface area (Å²) in [5, 5.41) is 1.15. The molecule has 4 nitrogen and oxygen atoms in total. The number of amides is 1. The lowest BCUT2D eigenvalue weighted by Crippen LogP contribution is -2.43. The number of fused-ring (bicyclic) bond motifs is 1. The number of ether oxygens (including phenoxy) is 1. The van der Waals surface area contributed by atoms with E-state index in [-0.39, 0.29) is 11.9 Å². The Morgan fingerprint density at radius 1 is 1.29 bits per heavy atom. The molecule has 0 N–H and O–H groups in total. The summed E-state index contributed by atoms with van der Waals surface area (Å²) in [5.41, 5.74) is 2.33. The third-order valence-electron chi connectivity index (χ3n) is 4.60. The molecule has 0 bridgehead atoms. The molecule has 0 aliphatic carbocycles. The topological polar surface area (TPSA) is 34.5 Å². The number of nitrogens with zero attached hydrogens (tertiary/aromatic N) is 2. The molecule has 0 radical (unpaired) electrons. The van der Waals surface area contributed by atoms with E-state index in [9.17, 15) is 4.79 Å². The Labute approximate surface area is 145 Å². The quantitative estimate of drug-likeness (QED) is 0.712. The summed E-state index contributed by atoms with van der Waals surface area (Å²) in [5.74, 6) is 0.100. The van der Waals surface area contributed by atoms with Gasteiger partial charge in [-0.2, -0.15) is 0 Å². The molecule has 1 saturated heterocycles. The molecule has 4 rings (SSSR count). The van der Waals surface area contributed by atoms with Crippen LogP contribution in [0.5, 0.6) is 0 Å². The zero-order valence-electron chi connectivity index (χ0n) is 13.9. The lowest BCUT2D eigenvalue weighted by molar-refractivity contribution is -0.00436. The normalized spacial score (nSPS) is 18.2. The van der Waals surface area contributed by atoms with Gasteiger partial charge in [-0.05, 0) is 36.6 Å². The Hall–Kier alpha value is -2.11. The van der Waals surface area contributed by atoms with E-state index < -0.39 is 0 Å². The maximum Gasteiger partial charge on any atom is 0.264 e. The van der Waals surface area contributed by atoms with Crippen molar-refractivity contribution >= 4 is 27.3 Å². The van der Waals surface area contributed by atoms with E-state index in [0.717, 1.165) is 20.7 Å². The van der Waals surface area contributed by atoms with Crippen molar-refractivity contribution in [1.82, 2.24) is 9.47 Å². The number of rotatable bonds is 2. The summed E-state index contributed by atoms with van der Waals surface area (Å²) in [6.45, 7) is 3.85. The predicted octanol–water partition coefficient (Wildman–Crippen LogP) is 3.76. The smallest absolute Gasteiger partial charge is 0.264 e. The molecule has 1 fully saturated rings. The zero-order valence-corrected chi connectivity index (χ0v) is 14.7. The van der Waals surface area contributed by atoms with E-state index in [1.165, 1.54) is 5.56 Å². The van der Waals surface area contributed by atoms with Crippen molar-refractivity contribution in [3.63, 3.8) is 0 Å². The number of aromatic nitrogens is 1. The van der Waals surface area contributed by atoms with Crippen molar-refractivity contribution in [1.29, 1.82) is 0 Å². The molecule has 2 aromatic heterocycles. The monoisotopic (exact) mass is 340 g/mol. The fourth-order valence-electron chi connectivity index (χ4n) is 3.32. The van der Waals surface area contributed by atoms with Gasteiger partial charge in [0.05, 0.1) is 24.1 Å². The minimum atomic E-state index is -0.0294. The van der Waals surface area contributed by atoms with Crippen LogP contribution in [0.3, 0.4) is 0 Å². The highest BCUT2D eigenvalue weighted by molar-refractivity contribution is 7.20. The van der Waals surface area contributed by atoms with Crippen LogP contribution in [0.2, 0.25) is 0 Å². The third kappa shape index (κ3) is 2.64. The molecular weight excluding hydrogens is 320 g/mol. The second kappa shape index (κ2) is 6.07. The van der Waals surface area contributed by atoms with Crippen molar-refractivity contribution < 1.29 is 9.53 Å². The van der Waals surface area contributed by atoms with Crippen molar-refractivity contribution in [2.45, 2.75) is 13.0 Å². The number of aryl methyl sites for hydroxylation is 2. The van der Waals surface area contributed by atoms with Crippen LogP contribution < -0.4 is 0 Å². The molecule has 24 heavy (non-hydrogen) atoms. The molecule has 1 amide bonds. The van der Waals surface area contributed by atoms with E-state index in [1.54, 1.807) is 11.3 Å². The van der Waals surface area contributed by atoms with Crippen molar-refractivity contribution in [2.75, 3.05) is 19.8 Å². The lowest BCUT2D eigenvalue weighted by atomic mass is 10.1. The molecule has 0 saturated carbocycles. The predicted molar refractivity (Wildman–Crippen MR) is 96.6 cm³/mol. The lowest BCUT2D eigenvalue weighted by Gasteiger charge is -2.35. The van der Waals surface area contributed by atoms with Crippen LogP contribution in [0.4, 0.5) is 0 Å². The van der Waals surface area contributed by atoms with Crippen molar-refractivity contribution in [2.24, 2.45) is 7.05 Å². The highest BCUT2D eigenvalue weighted by Crippen LogP contribution is 2.31. The molecule has 5 heteroatoms. The standard InChI is InChI=1S/C19H20N2O2S/c1-13-5-6-17-14(10-13)11-18(24-17)19(22)21-8-9-23-12-16(21)15-4-3-7-20(15)2/h3-7,10-11,16H,8-9,12H2,1-2H3. The minimum absolute atomic E-state index is 0.0294. The van der Waals surface area contributed by atoms with Gasteiger partial charge in [0.2, 0.25) is 0 Å². The maximum atomic E-state index is 13.1. The second-order valence-electron chi connectivity index (χ2n) is 6.29. The van der Waals surface area contributed by atoms with E-state index in [1.807, 2.05) is 30.3 Å². The number of benzene rings is 1. The molecule has 1 aromatic carbocycles. The second-order valence-corrected chi connectivity index (χ2v) is 7.37. The summed E-state index contributed by atoms with van der Waals surface area (Å²) < 4.78 is 8.87.